The number of hydrogen-bond acceptors (Lipinski definition) is 3. The maximum absolute atomic E-state index is 11.5. The highest BCUT2D eigenvalue weighted by atomic mass is 127. The standard InChI is InChI=1S/C13H26N4O2.HI/c1-4-14-12(15-5-2)16-9-11(10-7-8-10)17-13(18)19-6-3;/h10-11H,4-9H2,1-3H3,(H,17,18)(H2,14,15,16);1H. The van der Waals surface area contributed by atoms with Crippen molar-refractivity contribution in [3.63, 3.8) is 0 Å². The Labute approximate surface area is 138 Å². The third kappa shape index (κ3) is 7.76. The van der Waals surface area contributed by atoms with Gasteiger partial charge < -0.3 is 20.7 Å². The fourth-order valence-corrected chi connectivity index (χ4v) is 1.83. The Morgan fingerprint density at radius 1 is 1.25 bits per heavy atom. The number of hydrogen-bond donors (Lipinski definition) is 3. The van der Waals surface area contributed by atoms with Crippen LogP contribution in [0.2, 0.25) is 0 Å². The van der Waals surface area contributed by atoms with Crippen LogP contribution in [0, 0.1) is 5.92 Å². The molecule has 0 aromatic carbocycles. The number of nitrogens with one attached hydrogen (secondary N) is 3. The summed E-state index contributed by atoms with van der Waals surface area (Å²) in [5.41, 5.74) is 0. The van der Waals surface area contributed by atoms with E-state index in [2.05, 4.69) is 20.9 Å². The number of carbonyl (C=O) groups is 1. The Kier molecular flexibility index (Phi) is 10.6. The third-order valence-electron chi connectivity index (χ3n) is 2.90. The first kappa shape index (κ1) is 19.3. The van der Waals surface area contributed by atoms with Crippen LogP contribution >= 0.6 is 24.0 Å². The van der Waals surface area contributed by atoms with Crippen LogP contribution in [-0.4, -0.2) is 44.3 Å². The molecule has 20 heavy (non-hydrogen) atoms. The Hall–Kier alpha value is -0.730. The Morgan fingerprint density at radius 2 is 1.85 bits per heavy atom. The first-order chi connectivity index (χ1) is 9.21. The second kappa shape index (κ2) is 11.0. The summed E-state index contributed by atoms with van der Waals surface area (Å²) >= 11 is 0. The molecule has 0 radical (unpaired) electrons. The lowest BCUT2D eigenvalue weighted by molar-refractivity contribution is 0.147. The van der Waals surface area contributed by atoms with E-state index >= 15 is 0 Å². The topological polar surface area (TPSA) is 74.8 Å². The first-order valence-corrected chi connectivity index (χ1v) is 7.16. The van der Waals surface area contributed by atoms with Crippen LogP contribution in [-0.2, 0) is 4.74 Å². The number of aliphatic imine (C=N–C) groups is 1. The average Bonchev–Trinajstić information content (AvgIpc) is 3.19. The molecule has 0 aromatic heterocycles. The van der Waals surface area contributed by atoms with Crippen LogP contribution in [0.5, 0.6) is 0 Å². The van der Waals surface area contributed by atoms with Crippen molar-refractivity contribution in [3.05, 3.63) is 0 Å². The van der Waals surface area contributed by atoms with Crippen LogP contribution in [0.25, 0.3) is 0 Å². The predicted octanol–water partition coefficient (Wildman–Crippen LogP) is 1.70. The molecule has 1 atom stereocenters. The number of rotatable bonds is 7. The SMILES string of the molecule is CCNC(=NCC(NC(=O)OCC)C1CC1)NCC.I. The molecule has 1 aliphatic carbocycles. The fourth-order valence-electron chi connectivity index (χ4n) is 1.83. The van der Waals surface area contributed by atoms with Crippen LogP contribution in [0.1, 0.15) is 33.6 Å². The summed E-state index contributed by atoms with van der Waals surface area (Å²) in [4.78, 5) is 16.0. The molecule has 1 aliphatic rings. The molecule has 118 valence electrons. The predicted molar refractivity (Wildman–Crippen MR) is 91.7 cm³/mol. The molecule has 1 amide bonds. The third-order valence-corrected chi connectivity index (χ3v) is 2.90. The summed E-state index contributed by atoms with van der Waals surface area (Å²) in [6.07, 6.45) is 1.97. The van der Waals surface area contributed by atoms with E-state index in [1.165, 1.54) is 0 Å². The van der Waals surface area contributed by atoms with E-state index in [1.807, 2.05) is 13.8 Å². The largest absolute Gasteiger partial charge is 0.450 e. The number of guanidine groups is 1. The zero-order valence-corrected chi connectivity index (χ0v) is 14.9. The highest BCUT2D eigenvalue weighted by molar-refractivity contribution is 14.0. The minimum atomic E-state index is -0.344. The number of carbonyl (C=O) groups excluding carboxylic acids is 1. The van der Waals surface area contributed by atoms with Gasteiger partial charge in [0.25, 0.3) is 0 Å². The van der Waals surface area contributed by atoms with Crippen molar-refractivity contribution in [1.29, 1.82) is 0 Å². The average molecular weight is 398 g/mol. The second-order valence-corrected chi connectivity index (χ2v) is 4.56. The molecular formula is C13H27IN4O2. The number of alkyl carbamates (subject to hydrolysis) is 1. The highest BCUT2D eigenvalue weighted by Crippen LogP contribution is 2.32. The van der Waals surface area contributed by atoms with Crippen molar-refractivity contribution in [3.8, 4) is 0 Å². The quantitative estimate of drug-likeness (QED) is 0.347. The molecule has 1 unspecified atom stereocenters. The van der Waals surface area contributed by atoms with E-state index in [1.54, 1.807) is 6.92 Å². The smallest absolute Gasteiger partial charge is 0.407 e. The monoisotopic (exact) mass is 398 g/mol. The van der Waals surface area contributed by atoms with Crippen molar-refractivity contribution in [1.82, 2.24) is 16.0 Å². The molecule has 0 aromatic rings. The van der Waals surface area contributed by atoms with E-state index in [4.69, 9.17) is 4.74 Å². The van der Waals surface area contributed by atoms with Crippen LogP contribution in [0.3, 0.4) is 0 Å². The normalized spacial score (nSPS) is 14.6. The summed E-state index contributed by atoms with van der Waals surface area (Å²) < 4.78 is 4.92. The molecule has 1 fully saturated rings. The summed E-state index contributed by atoms with van der Waals surface area (Å²) in [7, 11) is 0. The maximum atomic E-state index is 11.5. The highest BCUT2D eigenvalue weighted by Gasteiger charge is 2.32. The Balaban J connectivity index is 0.00000361. The number of nitrogens with zero attached hydrogens (tertiary/aromatic N) is 1. The molecule has 0 heterocycles. The van der Waals surface area contributed by atoms with Gasteiger partial charge in [0.05, 0.1) is 19.2 Å². The number of halogens is 1. The molecule has 0 saturated heterocycles. The molecule has 1 rings (SSSR count). The van der Waals surface area contributed by atoms with E-state index in [-0.39, 0.29) is 36.1 Å². The van der Waals surface area contributed by atoms with E-state index in [9.17, 15) is 4.79 Å². The molecule has 0 spiro atoms. The lowest BCUT2D eigenvalue weighted by Crippen LogP contribution is -2.42. The van der Waals surface area contributed by atoms with Gasteiger partial charge in [0, 0.05) is 13.1 Å². The molecule has 6 nitrogen and oxygen atoms in total. The van der Waals surface area contributed by atoms with Crippen molar-refractivity contribution < 1.29 is 9.53 Å². The lowest BCUT2D eigenvalue weighted by Gasteiger charge is -2.17. The molecule has 7 heteroatoms. The van der Waals surface area contributed by atoms with Gasteiger partial charge in [0.1, 0.15) is 0 Å². The molecule has 0 aliphatic heterocycles. The Bertz CT molecular complexity index is 301. The molecule has 3 N–H and O–H groups in total. The van der Waals surface area contributed by atoms with Gasteiger partial charge in [-0.15, -0.1) is 24.0 Å². The van der Waals surface area contributed by atoms with Gasteiger partial charge in [-0.25, -0.2) is 4.79 Å². The number of amides is 1. The van der Waals surface area contributed by atoms with Gasteiger partial charge in [0.15, 0.2) is 5.96 Å². The van der Waals surface area contributed by atoms with Gasteiger partial charge in [-0.2, -0.15) is 0 Å². The first-order valence-electron chi connectivity index (χ1n) is 7.16. The molecule has 0 bridgehead atoms. The summed E-state index contributed by atoms with van der Waals surface area (Å²) in [6, 6.07) is 0.0753. The van der Waals surface area contributed by atoms with Crippen molar-refractivity contribution >= 4 is 36.0 Å². The minimum absolute atomic E-state index is 0. The van der Waals surface area contributed by atoms with Crippen molar-refractivity contribution in [2.24, 2.45) is 10.9 Å². The minimum Gasteiger partial charge on any atom is -0.450 e. The Morgan fingerprint density at radius 3 is 2.30 bits per heavy atom. The zero-order valence-electron chi connectivity index (χ0n) is 12.6. The molecule has 1 saturated carbocycles. The van der Waals surface area contributed by atoms with Gasteiger partial charge in [-0.05, 0) is 39.5 Å². The maximum Gasteiger partial charge on any atom is 0.407 e. The summed E-state index contributed by atoms with van der Waals surface area (Å²) in [5, 5.41) is 9.24. The fraction of sp³-hybridized carbons (Fsp3) is 0.846. The molecular weight excluding hydrogens is 371 g/mol. The van der Waals surface area contributed by atoms with E-state index in [0.717, 1.165) is 31.9 Å². The second-order valence-electron chi connectivity index (χ2n) is 4.56. The van der Waals surface area contributed by atoms with Crippen LogP contribution in [0.4, 0.5) is 4.79 Å². The van der Waals surface area contributed by atoms with Crippen LogP contribution < -0.4 is 16.0 Å². The van der Waals surface area contributed by atoms with Gasteiger partial charge >= 0.3 is 6.09 Å². The van der Waals surface area contributed by atoms with Gasteiger partial charge in [-0.3, -0.25) is 4.99 Å². The van der Waals surface area contributed by atoms with Crippen molar-refractivity contribution in [2.75, 3.05) is 26.2 Å². The lowest BCUT2D eigenvalue weighted by atomic mass is 10.2. The van der Waals surface area contributed by atoms with Crippen molar-refractivity contribution in [2.45, 2.75) is 39.7 Å². The van der Waals surface area contributed by atoms with E-state index in [0.29, 0.717) is 19.1 Å². The van der Waals surface area contributed by atoms with Gasteiger partial charge in [-0.1, -0.05) is 0 Å². The van der Waals surface area contributed by atoms with Gasteiger partial charge in [0.2, 0.25) is 0 Å². The number of ether oxygens (including phenoxy) is 1. The summed E-state index contributed by atoms with van der Waals surface area (Å²) in [5.74, 6) is 1.33. The van der Waals surface area contributed by atoms with Crippen LogP contribution in [0.15, 0.2) is 4.99 Å². The zero-order chi connectivity index (χ0) is 14.1. The summed E-state index contributed by atoms with van der Waals surface area (Å²) in [6.45, 7) is 8.49. The van der Waals surface area contributed by atoms with E-state index < -0.39 is 0 Å².